The molecular weight excluding hydrogens is 545 g/mol. The molecule has 1 aromatic carbocycles. The summed E-state index contributed by atoms with van der Waals surface area (Å²) in [7, 11) is 0. The van der Waals surface area contributed by atoms with Crippen LogP contribution in [0.15, 0.2) is 33.3 Å². The minimum Gasteiger partial charge on any atom is -0.308 e. The standard InChI is InChI=1S/C19H19Br2Cl2N5O/c1-10(7-28-12(3)17(21)11(2)25-28)19(29)24-18-14(20)9-27(26-18)8-13-4-5-15(22)16(23)6-13/h4-6,9-10H,7-8H2,1-3H3,(H,24,26,29). The third-order valence-corrected chi connectivity index (χ3v) is 6.94. The van der Waals surface area contributed by atoms with Gasteiger partial charge in [-0.05, 0) is 63.4 Å². The van der Waals surface area contributed by atoms with E-state index in [2.05, 4.69) is 47.4 Å². The van der Waals surface area contributed by atoms with Gasteiger partial charge in [-0.15, -0.1) is 0 Å². The van der Waals surface area contributed by atoms with Crippen LogP contribution in [0.1, 0.15) is 23.9 Å². The molecule has 6 nitrogen and oxygen atoms in total. The highest BCUT2D eigenvalue weighted by Gasteiger charge is 2.19. The third-order valence-electron chi connectivity index (χ3n) is 4.47. The van der Waals surface area contributed by atoms with Gasteiger partial charge in [0.15, 0.2) is 5.82 Å². The molecule has 1 unspecified atom stereocenters. The molecule has 0 bridgehead atoms. The van der Waals surface area contributed by atoms with Crippen molar-refractivity contribution >= 4 is 66.8 Å². The van der Waals surface area contributed by atoms with Crippen LogP contribution in [-0.4, -0.2) is 25.5 Å². The predicted octanol–water partition coefficient (Wildman–Crippen LogP) is 5.85. The Morgan fingerprint density at radius 2 is 1.93 bits per heavy atom. The normalized spacial score (nSPS) is 12.2. The smallest absolute Gasteiger partial charge is 0.230 e. The predicted molar refractivity (Wildman–Crippen MR) is 123 cm³/mol. The van der Waals surface area contributed by atoms with Crippen LogP contribution in [0.5, 0.6) is 0 Å². The van der Waals surface area contributed by atoms with Crippen molar-refractivity contribution in [1.29, 1.82) is 0 Å². The van der Waals surface area contributed by atoms with E-state index in [4.69, 9.17) is 23.2 Å². The Balaban J connectivity index is 1.67. The Morgan fingerprint density at radius 1 is 1.21 bits per heavy atom. The monoisotopic (exact) mass is 561 g/mol. The largest absolute Gasteiger partial charge is 0.308 e. The lowest BCUT2D eigenvalue weighted by Crippen LogP contribution is -2.25. The summed E-state index contributed by atoms with van der Waals surface area (Å²) < 4.78 is 5.23. The van der Waals surface area contributed by atoms with Crippen LogP contribution in [0.4, 0.5) is 5.82 Å². The zero-order valence-electron chi connectivity index (χ0n) is 16.0. The number of aromatic nitrogens is 4. The minimum atomic E-state index is -0.285. The molecular formula is C19H19Br2Cl2N5O. The molecule has 2 aromatic heterocycles. The molecule has 1 atom stereocenters. The highest BCUT2D eigenvalue weighted by Crippen LogP contribution is 2.25. The first-order chi connectivity index (χ1) is 13.7. The van der Waals surface area contributed by atoms with Gasteiger partial charge < -0.3 is 5.32 Å². The van der Waals surface area contributed by atoms with Gasteiger partial charge in [0.1, 0.15) is 0 Å². The Hall–Kier alpha value is -1.35. The molecule has 1 amide bonds. The van der Waals surface area contributed by atoms with Crippen LogP contribution < -0.4 is 5.32 Å². The molecule has 3 aromatic rings. The molecule has 0 radical (unpaired) electrons. The highest BCUT2D eigenvalue weighted by molar-refractivity contribution is 9.11. The van der Waals surface area contributed by atoms with E-state index in [1.54, 1.807) is 23.0 Å². The molecule has 0 aliphatic rings. The van der Waals surface area contributed by atoms with Gasteiger partial charge >= 0.3 is 0 Å². The summed E-state index contributed by atoms with van der Waals surface area (Å²) in [5.41, 5.74) is 2.85. The second kappa shape index (κ2) is 9.20. The lowest BCUT2D eigenvalue weighted by molar-refractivity contribution is -0.119. The number of halogens is 4. The number of aryl methyl sites for hydroxylation is 1. The van der Waals surface area contributed by atoms with E-state index in [1.807, 2.05) is 31.5 Å². The second-order valence-electron chi connectivity index (χ2n) is 6.83. The van der Waals surface area contributed by atoms with Gasteiger partial charge in [0.25, 0.3) is 0 Å². The Kier molecular flexibility index (Phi) is 7.09. The molecule has 1 N–H and O–H groups in total. The van der Waals surface area contributed by atoms with Crippen molar-refractivity contribution < 1.29 is 4.79 Å². The first kappa shape index (κ1) is 22.3. The van der Waals surface area contributed by atoms with Gasteiger partial charge in [-0.3, -0.25) is 14.2 Å². The molecule has 154 valence electrons. The van der Waals surface area contributed by atoms with E-state index >= 15 is 0 Å². The van der Waals surface area contributed by atoms with Crippen LogP contribution in [0.2, 0.25) is 10.0 Å². The number of hydrogen-bond donors (Lipinski definition) is 1. The molecule has 29 heavy (non-hydrogen) atoms. The fourth-order valence-corrected chi connectivity index (χ4v) is 3.84. The number of nitrogens with zero attached hydrogens (tertiary/aromatic N) is 4. The van der Waals surface area contributed by atoms with E-state index in [1.165, 1.54) is 0 Å². The van der Waals surface area contributed by atoms with Crippen molar-refractivity contribution in [2.45, 2.75) is 33.9 Å². The number of amides is 1. The van der Waals surface area contributed by atoms with Crippen molar-refractivity contribution in [2.75, 3.05) is 5.32 Å². The number of hydrogen-bond acceptors (Lipinski definition) is 3. The van der Waals surface area contributed by atoms with E-state index < -0.39 is 0 Å². The first-order valence-corrected chi connectivity index (χ1v) is 11.2. The van der Waals surface area contributed by atoms with E-state index in [0.717, 1.165) is 21.4 Å². The van der Waals surface area contributed by atoms with Crippen LogP contribution in [0, 0.1) is 19.8 Å². The molecule has 0 aliphatic carbocycles. The Morgan fingerprint density at radius 3 is 2.55 bits per heavy atom. The lowest BCUT2D eigenvalue weighted by atomic mass is 10.1. The van der Waals surface area contributed by atoms with Crippen LogP contribution in [-0.2, 0) is 17.9 Å². The summed E-state index contributed by atoms with van der Waals surface area (Å²) in [4.78, 5) is 12.7. The molecule has 2 heterocycles. The summed E-state index contributed by atoms with van der Waals surface area (Å²) >= 11 is 19.0. The molecule has 0 spiro atoms. The summed E-state index contributed by atoms with van der Waals surface area (Å²) in [6.45, 7) is 6.73. The number of nitrogens with one attached hydrogen (secondary N) is 1. The molecule has 0 saturated carbocycles. The maximum atomic E-state index is 12.7. The number of benzene rings is 1. The van der Waals surface area contributed by atoms with Crippen LogP contribution in [0.3, 0.4) is 0 Å². The van der Waals surface area contributed by atoms with Crippen molar-refractivity contribution in [3.05, 3.63) is 60.3 Å². The Bertz CT molecular complexity index is 1060. The number of rotatable bonds is 6. The fourth-order valence-electron chi connectivity index (χ4n) is 2.82. The van der Waals surface area contributed by atoms with Gasteiger partial charge in [-0.25, -0.2) is 0 Å². The van der Waals surface area contributed by atoms with Gasteiger partial charge in [-0.1, -0.05) is 36.2 Å². The van der Waals surface area contributed by atoms with Gasteiger partial charge in [0.2, 0.25) is 5.91 Å². The first-order valence-electron chi connectivity index (χ1n) is 8.83. The third kappa shape index (κ3) is 5.23. The van der Waals surface area contributed by atoms with Crippen LogP contribution >= 0.6 is 55.1 Å². The maximum absolute atomic E-state index is 12.7. The van der Waals surface area contributed by atoms with E-state index in [0.29, 0.717) is 33.4 Å². The fraction of sp³-hybridized carbons (Fsp3) is 0.316. The van der Waals surface area contributed by atoms with E-state index in [9.17, 15) is 4.79 Å². The Labute approximate surface area is 195 Å². The average molecular weight is 564 g/mol. The van der Waals surface area contributed by atoms with Gasteiger partial charge in [0.05, 0.1) is 43.7 Å². The van der Waals surface area contributed by atoms with Crippen molar-refractivity contribution in [3.8, 4) is 0 Å². The van der Waals surface area contributed by atoms with Crippen molar-refractivity contribution in [2.24, 2.45) is 5.92 Å². The summed E-state index contributed by atoms with van der Waals surface area (Å²) in [5, 5.41) is 12.8. The quantitative estimate of drug-likeness (QED) is 0.409. The maximum Gasteiger partial charge on any atom is 0.230 e. The van der Waals surface area contributed by atoms with E-state index in [-0.39, 0.29) is 11.8 Å². The lowest BCUT2D eigenvalue weighted by Gasteiger charge is -2.12. The topological polar surface area (TPSA) is 64.7 Å². The molecule has 3 rings (SSSR count). The van der Waals surface area contributed by atoms with Crippen molar-refractivity contribution in [1.82, 2.24) is 19.6 Å². The molecule has 0 fully saturated rings. The molecule has 0 aliphatic heterocycles. The van der Waals surface area contributed by atoms with Crippen LogP contribution in [0.25, 0.3) is 0 Å². The van der Waals surface area contributed by atoms with Crippen molar-refractivity contribution in [3.63, 3.8) is 0 Å². The number of carbonyl (C=O) groups is 1. The van der Waals surface area contributed by atoms with Gasteiger partial charge in [0, 0.05) is 11.9 Å². The highest BCUT2D eigenvalue weighted by atomic mass is 79.9. The number of anilines is 1. The summed E-state index contributed by atoms with van der Waals surface area (Å²) in [6, 6.07) is 5.43. The SMILES string of the molecule is Cc1nn(CC(C)C(=O)Nc2nn(Cc3ccc(Cl)c(Cl)c3)cc2Br)c(C)c1Br. The zero-order chi connectivity index (χ0) is 21.3. The second-order valence-corrected chi connectivity index (χ2v) is 9.29. The minimum absolute atomic E-state index is 0.130. The zero-order valence-corrected chi connectivity index (χ0v) is 20.7. The summed E-state index contributed by atoms with van der Waals surface area (Å²) in [5.74, 6) is 0.0534. The number of carbonyl (C=O) groups excluding carboxylic acids is 1. The molecule has 0 saturated heterocycles. The molecule has 10 heteroatoms. The average Bonchev–Trinajstić information content (AvgIpc) is 3.12. The van der Waals surface area contributed by atoms with Gasteiger partial charge in [-0.2, -0.15) is 10.2 Å². The summed E-state index contributed by atoms with van der Waals surface area (Å²) in [6.07, 6.45) is 1.81.